The van der Waals surface area contributed by atoms with Gasteiger partial charge in [0, 0.05) is 36.1 Å². The minimum Gasteiger partial charge on any atom is -0.475 e. The molecule has 5 rings (SSSR count). The molecule has 1 amide bonds. The number of rotatable bonds is 7. The first kappa shape index (κ1) is 34.2. The number of benzene rings is 2. The lowest BCUT2D eigenvalue weighted by Gasteiger charge is -2.18. The SMILES string of the molecule is Cc1nn([C@@H]2CCN(Cc3cc(Cl)cc(OC(F)(F)F)c3)C2)c2cc(F)c(C(=O)NS(=O)(=O)C3CC3)cc12.O=C(O)C(F)(F)F. The highest BCUT2D eigenvalue weighted by Crippen LogP contribution is 2.32. The molecule has 1 aromatic heterocycles. The summed E-state index contributed by atoms with van der Waals surface area (Å²) in [5.74, 6) is -5.05. The number of sulfonamides is 1. The minimum absolute atomic E-state index is 0.117. The molecule has 2 N–H and O–H groups in total. The van der Waals surface area contributed by atoms with E-state index in [0.29, 0.717) is 61.1 Å². The van der Waals surface area contributed by atoms with Crippen molar-refractivity contribution >= 4 is 44.4 Å². The van der Waals surface area contributed by atoms with Gasteiger partial charge in [0.25, 0.3) is 5.91 Å². The van der Waals surface area contributed by atoms with Gasteiger partial charge in [-0.1, -0.05) is 11.6 Å². The van der Waals surface area contributed by atoms with Gasteiger partial charge in [-0.05, 0) is 56.0 Å². The average molecular weight is 689 g/mol. The number of carboxylic acid groups (broad SMARTS) is 1. The number of fused-ring (bicyclic) bond motifs is 1. The van der Waals surface area contributed by atoms with Gasteiger partial charge >= 0.3 is 18.5 Å². The number of amides is 1. The number of aliphatic carboxylic acids is 1. The molecule has 19 heteroatoms. The summed E-state index contributed by atoms with van der Waals surface area (Å²) >= 11 is 5.98. The third-order valence-corrected chi connectivity index (χ3v) is 8.87. The molecule has 1 aliphatic heterocycles. The van der Waals surface area contributed by atoms with Crippen LogP contribution >= 0.6 is 11.6 Å². The second-order valence-corrected chi connectivity index (χ2v) is 12.8. The standard InChI is InChI=1S/C24H23ClF4N4O4S.C2HF3O2/c1-13-19-9-20(23(34)31-38(35,36)18-2-3-18)21(26)10-22(19)33(30-13)16-4-5-32(12-16)11-14-6-15(25)8-17(7-14)37-24(27,28)29;3-2(4,5)1(6)7/h6-10,16,18H,2-5,11-12H2,1H3,(H,31,34);(H,6,7)/t16-;/m1./s1. The van der Waals surface area contributed by atoms with Crippen LogP contribution in [0, 0.1) is 12.7 Å². The van der Waals surface area contributed by atoms with Crippen LogP contribution in [0.3, 0.4) is 0 Å². The summed E-state index contributed by atoms with van der Waals surface area (Å²) in [6, 6.07) is 6.26. The topological polar surface area (TPSA) is 131 Å². The first-order valence-electron chi connectivity index (χ1n) is 13.1. The van der Waals surface area contributed by atoms with Crippen molar-refractivity contribution in [1.29, 1.82) is 0 Å². The van der Waals surface area contributed by atoms with Crippen LogP contribution in [0.5, 0.6) is 5.75 Å². The van der Waals surface area contributed by atoms with E-state index in [1.54, 1.807) is 17.7 Å². The van der Waals surface area contributed by atoms with Crippen molar-refractivity contribution in [2.45, 2.75) is 56.6 Å². The molecule has 1 aliphatic carbocycles. The summed E-state index contributed by atoms with van der Waals surface area (Å²) in [4.78, 5) is 23.4. The van der Waals surface area contributed by atoms with Crippen LogP contribution in [0.1, 0.15) is 46.9 Å². The highest BCUT2D eigenvalue weighted by molar-refractivity contribution is 7.91. The van der Waals surface area contributed by atoms with Gasteiger partial charge in [0.1, 0.15) is 11.6 Å². The Balaban J connectivity index is 0.000000591. The molecule has 0 radical (unpaired) electrons. The molecule has 1 saturated carbocycles. The van der Waals surface area contributed by atoms with E-state index >= 15 is 0 Å². The zero-order valence-electron chi connectivity index (χ0n) is 23.0. The molecule has 0 bridgehead atoms. The van der Waals surface area contributed by atoms with Gasteiger partial charge in [-0.3, -0.25) is 14.4 Å². The lowest BCUT2D eigenvalue weighted by Crippen LogP contribution is -2.33. The molecule has 0 unspecified atom stereocenters. The van der Waals surface area contributed by atoms with Gasteiger partial charge in [-0.25, -0.2) is 22.3 Å². The highest BCUT2D eigenvalue weighted by atomic mass is 35.5. The van der Waals surface area contributed by atoms with Crippen LogP contribution in [0.25, 0.3) is 10.9 Å². The zero-order chi connectivity index (χ0) is 33.5. The molecular weight excluding hydrogens is 665 g/mol. The monoisotopic (exact) mass is 688 g/mol. The summed E-state index contributed by atoms with van der Waals surface area (Å²) in [7, 11) is -3.83. The van der Waals surface area contributed by atoms with Crippen LogP contribution in [0.2, 0.25) is 5.02 Å². The minimum atomic E-state index is -5.08. The third kappa shape index (κ3) is 8.76. The molecule has 0 spiro atoms. The van der Waals surface area contributed by atoms with Gasteiger partial charge in [0.2, 0.25) is 10.0 Å². The fraction of sp³-hybridized carbons (Fsp3) is 0.423. The summed E-state index contributed by atoms with van der Waals surface area (Å²) in [6.07, 6.45) is -8.34. The van der Waals surface area contributed by atoms with E-state index in [9.17, 15) is 43.9 Å². The first-order valence-corrected chi connectivity index (χ1v) is 15.0. The van der Waals surface area contributed by atoms with Crippen LogP contribution in [0.15, 0.2) is 30.3 Å². The smallest absolute Gasteiger partial charge is 0.475 e. The molecular formula is C26H24ClF7N4O6S. The number of ether oxygens (including phenoxy) is 1. The first-order chi connectivity index (χ1) is 20.7. The van der Waals surface area contributed by atoms with Crippen LogP contribution in [-0.4, -0.2) is 71.0 Å². The van der Waals surface area contributed by atoms with Gasteiger partial charge in [-0.2, -0.15) is 18.3 Å². The number of aryl methyl sites for hydroxylation is 1. The summed E-state index contributed by atoms with van der Waals surface area (Å²) in [6.45, 7) is 3.12. The van der Waals surface area contributed by atoms with Gasteiger partial charge in [-0.15, -0.1) is 13.2 Å². The summed E-state index contributed by atoms with van der Waals surface area (Å²) in [5.41, 5.74) is 1.16. The fourth-order valence-electron chi connectivity index (χ4n) is 4.73. The van der Waals surface area contributed by atoms with Crippen molar-refractivity contribution in [2.24, 2.45) is 0 Å². The van der Waals surface area contributed by atoms with E-state index in [0.717, 1.165) is 6.07 Å². The summed E-state index contributed by atoms with van der Waals surface area (Å²) in [5, 5.41) is 11.7. The highest BCUT2D eigenvalue weighted by Gasteiger charge is 2.39. The normalized spacial score (nSPS) is 17.6. The predicted molar refractivity (Wildman–Crippen MR) is 145 cm³/mol. The van der Waals surface area contributed by atoms with Crippen molar-refractivity contribution in [2.75, 3.05) is 13.1 Å². The molecule has 246 valence electrons. The van der Waals surface area contributed by atoms with E-state index in [4.69, 9.17) is 21.5 Å². The molecule has 2 heterocycles. The lowest BCUT2D eigenvalue weighted by molar-refractivity contribution is -0.274. The molecule has 2 aliphatic rings. The van der Waals surface area contributed by atoms with Gasteiger partial charge in [0.05, 0.1) is 28.1 Å². The molecule has 2 fully saturated rings. The number of hydrogen-bond donors (Lipinski definition) is 2. The van der Waals surface area contributed by atoms with Gasteiger partial charge < -0.3 is 9.84 Å². The number of halogens is 8. The van der Waals surface area contributed by atoms with Crippen molar-refractivity contribution in [3.05, 3.63) is 58.0 Å². The van der Waals surface area contributed by atoms with E-state index in [-0.39, 0.29) is 16.6 Å². The second-order valence-electron chi connectivity index (χ2n) is 10.4. The molecule has 3 aromatic rings. The number of carbonyl (C=O) groups excluding carboxylic acids is 1. The van der Waals surface area contributed by atoms with E-state index in [1.807, 2.05) is 9.62 Å². The van der Waals surface area contributed by atoms with Gasteiger partial charge in [0.15, 0.2) is 0 Å². The Morgan fingerprint density at radius 2 is 1.73 bits per heavy atom. The van der Waals surface area contributed by atoms with Crippen molar-refractivity contribution in [3.8, 4) is 5.75 Å². The Bertz CT molecular complexity index is 1720. The van der Waals surface area contributed by atoms with Crippen molar-refractivity contribution in [1.82, 2.24) is 19.4 Å². The fourth-order valence-corrected chi connectivity index (χ4v) is 6.27. The molecule has 1 atom stereocenters. The van der Waals surface area contributed by atoms with Crippen molar-refractivity contribution < 1.29 is 58.6 Å². The maximum absolute atomic E-state index is 15.0. The average Bonchev–Trinajstić information content (AvgIpc) is 3.58. The lowest BCUT2D eigenvalue weighted by atomic mass is 10.1. The third-order valence-electron chi connectivity index (χ3n) is 6.83. The molecule has 10 nitrogen and oxygen atoms in total. The Labute approximate surface area is 255 Å². The van der Waals surface area contributed by atoms with Crippen LogP contribution in [0.4, 0.5) is 30.7 Å². The number of aromatic nitrogens is 2. The predicted octanol–water partition coefficient (Wildman–Crippen LogP) is 5.34. The maximum Gasteiger partial charge on any atom is 0.573 e. The maximum atomic E-state index is 15.0. The Hall–Kier alpha value is -3.64. The van der Waals surface area contributed by atoms with Crippen LogP contribution < -0.4 is 9.46 Å². The quantitative estimate of drug-likeness (QED) is 0.319. The number of nitrogens with one attached hydrogen (secondary N) is 1. The largest absolute Gasteiger partial charge is 0.573 e. The number of alkyl halides is 6. The molecule has 1 saturated heterocycles. The number of likely N-dealkylation sites (tertiary alicyclic amines) is 1. The summed E-state index contributed by atoms with van der Waals surface area (Å²) < 4.78 is 116. The second kappa shape index (κ2) is 12.6. The number of carboxylic acids is 1. The van der Waals surface area contributed by atoms with E-state index < -0.39 is 51.3 Å². The Morgan fingerprint density at radius 3 is 2.31 bits per heavy atom. The number of hydrogen-bond acceptors (Lipinski definition) is 7. The number of nitrogens with zero attached hydrogens (tertiary/aromatic N) is 3. The van der Waals surface area contributed by atoms with Crippen LogP contribution in [-0.2, 0) is 21.4 Å². The molecule has 45 heavy (non-hydrogen) atoms. The van der Waals surface area contributed by atoms with Crippen molar-refractivity contribution in [3.63, 3.8) is 0 Å². The van der Waals surface area contributed by atoms with E-state index in [1.165, 1.54) is 18.2 Å². The number of carbonyl (C=O) groups is 2. The van der Waals surface area contributed by atoms with E-state index in [2.05, 4.69) is 9.84 Å². The zero-order valence-corrected chi connectivity index (χ0v) is 24.6. The Kier molecular flexibility index (Phi) is 9.61. The molecule has 2 aromatic carbocycles. The Morgan fingerprint density at radius 1 is 1.09 bits per heavy atom.